The molecule has 2 fully saturated rings. The van der Waals surface area contributed by atoms with Crippen LogP contribution in [0.2, 0.25) is 0 Å². The van der Waals surface area contributed by atoms with E-state index in [2.05, 4.69) is 5.32 Å². The molecule has 2 atom stereocenters. The van der Waals surface area contributed by atoms with Gasteiger partial charge in [-0.05, 0) is 43.9 Å². The highest BCUT2D eigenvalue weighted by Crippen LogP contribution is 2.31. The van der Waals surface area contributed by atoms with Crippen LogP contribution < -0.4 is 10.5 Å². The van der Waals surface area contributed by atoms with Gasteiger partial charge in [0.05, 0.1) is 9.79 Å². The van der Waals surface area contributed by atoms with E-state index in [4.69, 9.17) is 5.14 Å². The molecule has 0 saturated carbocycles. The van der Waals surface area contributed by atoms with E-state index in [1.54, 1.807) is 7.05 Å². The molecule has 1 aromatic carbocycles. The Morgan fingerprint density at radius 2 is 1.62 bits per heavy atom. The number of sulfonamides is 2. The maximum Gasteiger partial charge on any atom is 0.243 e. The van der Waals surface area contributed by atoms with Crippen molar-refractivity contribution in [2.75, 3.05) is 7.05 Å². The minimum absolute atomic E-state index is 0. The SMILES string of the molecule is CN(C1CC2CCC(C1)N2)S(=O)(=O)c1cccc(S(N)(=O)=O)c1.Cl. The first kappa shape index (κ1) is 19.6. The molecule has 10 heteroatoms. The van der Waals surface area contributed by atoms with Gasteiger partial charge < -0.3 is 5.32 Å². The zero-order valence-electron chi connectivity index (χ0n) is 13.3. The molecule has 0 radical (unpaired) electrons. The molecule has 0 amide bonds. The second kappa shape index (κ2) is 6.89. The van der Waals surface area contributed by atoms with Gasteiger partial charge in [-0.15, -0.1) is 12.4 Å². The van der Waals surface area contributed by atoms with Gasteiger partial charge in [-0.1, -0.05) is 6.07 Å². The average molecular weight is 396 g/mol. The van der Waals surface area contributed by atoms with Crippen LogP contribution >= 0.6 is 12.4 Å². The minimum Gasteiger partial charge on any atom is -0.311 e. The standard InChI is InChI=1S/C14H21N3O4S2.ClH/c1-17(12-7-10-5-6-11(8-12)16-10)23(20,21)14-4-2-3-13(9-14)22(15,18)19;/h2-4,9-12,16H,5-8H2,1H3,(H2,15,18,19);1H. The molecule has 2 aliphatic heterocycles. The number of rotatable bonds is 4. The number of hydrogen-bond acceptors (Lipinski definition) is 5. The van der Waals surface area contributed by atoms with Crippen molar-refractivity contribution in [2.45, 2.75) is 53.6 Å². The first-order valence-corrected chi connectivity index (χ1v) is 10.5. The van der Waals surface area contributed by atoms with E-state index in [-0.39, 0.29) is 28.2 Å². The molecule has 0 aliphatic carbocycles. The lowest BCUT2D eigenvalue weighted by Gasteiger charge is -2.34. The maximum absolute atomic E-state index is 12.8. The summed E-state index contributed by atoms with van der Waals surface area (Å²) in [4.78, 5) is -0.241. The zero-order valence-corrected chi connectivity index (χ0v) is 15.7. The number of primary sulfonamides is 1. The summed E-state index contributed by atoms with van der Waals surface area (Å²) in [6.07, 6.45) is 3.72. The second-order valence-corrected chi connectivity index (χ2v) is 9.86. The van der Waals surface area contributed by atoms with Gasteiger partial charge in [0.1, 0.15) is 0 Å². The normalized spacial score (nSPS) is 27.0. The van der Waals surface area contributed by atoms with Crippen LogP contribution in [-0.4, -0.2) is 46.3 Å². The summed E-state index contributed by atoms with van der Waals surface area (Å²) in [5.41, 5.74) is 0. The molecule has 2 saturated heterocycles. The fraction of sp³-hybridized carbons (Fsp3) is 0.571. The van der Waals surface area contributed by atoms with Crippen LogP contribution in [0.15, 0.2) is 34.1 Å². The topological polar surface area (TPSA) is 110 Å². The number of benzene rings is 1. The molecule has 2 bridgehead atoms. The predicted molar refractivity (Wildman–Crippen MR) is 93.0 cm³/mol. The smallest absolute Gasteiger partial charge is 0.243 e. The van der Waals surface area contributed by atoms with Crippen molar-refractivity contribution < 1.29 is 16.8 Å². The quantitative estimate of drug-likeness (QED) is 0.778. The molecule has 3 rings (SSSR count). The Bertz CT molecular complexity index is 801. The van der Waals surface area contributed by atoms with E-state index in [9.17, 15) is 16.8 Å². The Morgan fingerprint density at radius 1 is 1.08 bits per heavy atom. The minimum atomic E-state index is -3.94. The zero-order chi connectivity index (χ0) is 16.8. The highest BCUT2D eigenvalue weighted by molar-refractivity contribution is 7.90. The van der Waals surface area contributed by atoms with Crippen molar-refractivity contribution in [3.8, 4) is 0 Å². The van der Waals surface area contributed by atoms with Crippen LogP contribution in [0.25, 0.3) is 0 Å². The summed E-state index contributed by atoms with van der Waals surface area (Å²) < 4.78 is 49.9. The molecule has 1 aromatic rings. The lowest BCUT2D eigenvalue weighted by molar-refractivity contribution is 0.251. The molecular weight excluding hydrogens is 374 g/mol. The van der Waals surface area contributed by atoms with Crippen LogP contribution in [0.4, 0.5) is 0 Å². The van der Waals surface area contributed by atoms with Crippen LogP contribution in [0.1, 0.15) is 25.7 Å². The lowest BCUT2D eigenvalue weighted by Crippen LogP contribution is -2.48. The average Bonchev–Trinajstić information content (AvgIpc) is 2.84. The van der Waals surface area contributed by atoms with Crippen molar-refractivity contribution >= 4 is 32.5 Å². The third kappa shape index (κ3) is 3.76. The third-order valence-electron chi connectivity index (χ3n) is 4.77. The molecule has 136 valence electrons. The largest absolute Gasteiger partial charge is 0.311 e. The third-order valence-corrected chi connectivity index (χ3v) is 7.59. The van der Waals surface area contributed by atoms with Gasteiger partial charge in [0.15, 0.2) is 0 Å². The van der Waals surface area contributed by atoms with E-state index < -0.39 is 20.0 Å². The van der Waals surface area contributed by atoms with Gasteiger partial charge >= 0.3 is 0 Å². The van der Waals surface area contributed by atoms with E-state index in [0.717, 1.165) is 31.7 Å². The van der Waals surface area contributed by atoms with Crippen molar-refractivity contribution in [3.63, 3.8) is 0 Å². The van der Waals surface area contributed by atoms with Crippen LogP contribution in [0, 0.1) is 0 Å². The molecule has 3 N–H and O–H groups in total. The Labute approximate surface area is 149 Å². The van der Waals surface area contributed by atoms with Gasteiger partial charge in [-0.2, -0.15) is 4.31 Å². The van der Waals surface area contributed by atoms with Gasteiger partial charge in [0, 0.05) is 25.2 Å². The number of hydrogen-bond donors (Lipinski definition) is 2. The molecule has 0 spiro atoms. The molecule has 2 aliphatic rings. The first-order valence-electron chi connectivity index (χ1n) is 7.55. The predicted octanol–water partition coefficient (Wildman–Crippen LogP) is 0.659. The number of nitrogens with one attached hydrogen (secondary N) is 1. The number of halogens is 1. The Balaban J connectivity index is 0.00000208. The summed E-state index contributed by atoms with van der Waals surface area (Å²) >= 11 is 0. The van der Waals surface area contributed by atoms with Gasteiger partial charge in [-0.25, -0.2) is 22.0 Å². The second-order valence-electron chi connectivity index (χ2n) is 6.30. The molecule has 7 nitrogen and oxygen atoms in total. The Kier molecular flexibility index (Phi) is 5.63. The van der Waals surface area contributed by atoms with Gasteiger partial charge in [-0.3, -0.25) is 0 Å². The first-order chi connectivity index (χ1) is 10.7. The van der Waals surface area contributed by atoms with Crippen LogP contribution in [0.3, 0.4) is 0 Å². The van der Waals surface area contributed by atoms with Crippen molar-refractivity contribution in [1.82, 2.24) is 9.62 Å². The molecular formula is C14H22ClN3O4S2. The number of fused-ring (bicyclic) bond motifs is 2. The number of piperidine rings is 1. The van der Waals surface area contributed by atoms with E-state index in [1.807, 2.05) is 0 Å². The fourth-order valence-corrected chi connectivity index (χ4v) is 5.56. The molecule has 24 heavy (non-hydrogen) atoms. The van der Waals surface area contributed by atoms with Crippen LogP contribution in [0.5, 0.6) is 0 Å². The summed E-state index contributed by atoms with van der Waals surface area (Å²) in [7, 11) is -6.13. The monoisotopic (exact) mass is 395 g/mol. The summed E-state index contributed by atoms with van der Waals surface area (Å²) in [5.74, 6) is 0. The van der Waals surface area contributed by atoms with Gasteiger partial charge in [0.2, 0.25) is 20.0 Å². The van der Waals surface area contributed by atoms with E-state index >= 15 is 0 Å². The Hall–Kier alpha value is -0.710. The van der Waals surface area contributed by atoms with Crippen LogP contribution in [-0.2, 0) is 20.0 Å². The van der Waals surface area contributed by atoms with E-state index in [0.29, 0.717) is 12.1 Å². The summed E-state index contributed by atoms with van der Waals surface area (Å²) in [6, 6.07) is 5.87. The fourth-order valence-electron chi connectivity index (χ4n) is 3.50. The van der Waals surface area contributed by atoms with Crippen molar-refractivity contribution in [3.05, 3.63) is 24.3 Å². The summed E-state index contributed by atoms with van der Waals surface area (Å²) in [6.45, 7) is 0. The Morgan fingerprint density at radius 3 is 2.17 bits per heavy atom. The van der Waals surface area contributed by atoms with Crippen molar-refractivity contribution in [2.24, 2.45) is 5.14 Å². The highest BCUT2D eigenvalue weighted by Gasteiger charge is 2.38. The van der Waals surface area contributed by atoms with Gasteiger partial charge in [0.25, 0.3) is 0 Å². The van der Waals surface area contributed by atoms with E-state index in [1.165, 1.54) is 22.5 Å². The molecule has 2 heterocycles. The summed E-state index contributed by atoms with van der Waals surface area (Å²) in [5, 5.41) is 8.57. The highest BCUT2D eigenvalue weighted by atomic mass is 35.5. The number of nitrogens with two attached hydrogens (primary N) is 1. The maximum atomic E-state index is 12.8. The number of nitrogens with zero attached hydrogens (tertiary/aromatic N) is 1. The molecule has 2 unspecified atom stereocenters. The molecule has 0 aromatic heterocycles. The lowest BCUT2D eigenvalue weighted by atomic mass is 10.0. The van der Waals surface area contributed by atoms with Crippen molar-refractivity contribution in [1.29, 1.82) is 0 Å².